The molecule has 0 aromatic carbocycles. The third-order valence-corrected chi connectivity index (χ3v) is 3.17. The molecular formula is C10H17BrN4O. The number of carbonyl (C=O) groups is 1. The van der Waals surface area contributed by atoms with Crippen LogP contribution in [0.15, 0.2) is 16.9 Å². The maximum Gasteiger partial charge on any atom is 0.237 e. The standard InChI is InChI=1S/C10H17BrN4O/c1-10(13-2,9(12)16)4-3-5-15-7-8(11)6-14-15/h6-7,13H,3-5H2,1-2H3,(H2,12,16). The zero-order valence-corrected chi connectivity index (χ0v) is 11.1. The highest BCUT2D eigenvalue weighted by Gasteiger charge is 2.27. The summed E-state index contributed by atoms with van der Waals surface area (Å²) in [5.74, 6) is -0.323. The zero-order valence-electron chi connectivity index (χ0n) is 9.53. The van der Waals surface area contributed by atoms with E-state index in [1.165, 1.54) is 0 Å². The van der Waals surface area contributed by atoms with Gasteiger partial charge in [0.2, 0.25) is 5.91 Å². The fourth-order valence-corrected chi connectivity index (χ4v) is 1.75. The average Bonchev–Trinajstić information content (AvgIpc) is 2.63. The topological polar surface area (TPSA) is 72.9 Å². The van der Waals surface area contributed by atoms with Crippen molar-refractivity contribution in [3.05, 3.63) is 16.9 Å². The van der Waals surface area contributed by atoms with E-state index in [-0.39, 0.29) is 5.91 Å². The average molecular weight is 289 g/mol. The molecule has 0 aliphatic carbocycles. The molecule has 1 aromatic rings. The number of nitrogens with zero attached hydrogens (tertiary/aromatic N) is 2. The number of hydrogen-bond acceptors (Lipinski definition) is 3. The first-order chi connectivity index (χ1) is 7.48. The number of nitrogens with one attached hydrogen (secondary N) is 1. The molecule has 5 nitrogen and oxygen atoms in total. The summed E-state index contributed by atoms with van der Waals surface area (Å²) in [6.45, 7) is 2.59. The molecule has 1 amide bonds. The second kappa shape index (κ2) is 5.45. The summed E-state index contributed by atoms with van der Waals surface area (Å²) in [6.07, 6.45) is 5.18. The summed E-state index contributed by atoms with van der Waals surface area (Å²) in [7, 11) is 1.75. The van der Waals surface area contributed by atoms with Crippen molar-refractivity contribution in [3.8, 4) is 0 Å². The predicted octanol–water partition coefficient (Wildman–Crippen LogP) is 0.889. The van der Waals surface area contributed by atoms with Gasteiger partial charge in [-0.1, -0.05) is 0 Å². The van der Waals surface area contributed by atoms with Crippen molar-refractivity contribution in [2.45, 2.75) is 31.8 Å². The van der Waals surface area contributed by atoms with Gasteiger partial charge in [-0.3, -0.25) is 9.48 Å². The van der Waals surface area contributed by atoms with Gasteiger partial charge in [0.25, 0.3) is 0 Å². The van der Waals surface area contributed by atoms with Gasteiger partial charge in [-0.15, -0.1) is 0 Å². The van der Waals surface area contributed by atoms with Gasteiger partial charge >= 0.3 is 0 Å². The molecule has 1 atom stereocenters. The summed E-state index contributed by atoms with van der Waals surface area (Å²) in [5.41, 5.74) is 4.70. The Hall–Kier alpha value is -0.880. The monoisotopic (exact) mass is 288 g/mol. The molecule has 0 aliphatic heterocycles. The lowest BCUT2D eigenvalue weighted by atomic mass is 9.95. The van der Waals surface area contributed by atoms with Crippen LogP contribution < -0.4 is 11.1 Å². The number of hydrogen-bond donors (Lipinski definition) is 2. The second-order valence-electron chi connectivity index (χ2n) is 3.97. The van der Waals surface area contributed by atoms with E-state index in [0.29, 0.717) is 6.42 Å². The lowest BCUT2D eigenvalue weighted by Crippen LogP contribution is -2.51. The number of amides is 1. The molecule has 0 bridgehead atoms. The Morgan fingerprint density at radius 1 is 1.75 bits per heavy atom. The van der Waals surface area contributed by atoms with Gasteiger partial charge in [-0.2, -0.15) is 5.10 Å². The highest BCUT2D eigenvalue weighted by Crippen LogP contribution is 2.13. The summed E-state index contributed by atoms with van der Waals surface area (Å²) >= 11 is 3.33. The quantitative estimate of drug-likeness (QED) is 0.817. The van der Waals surface area contributed by atoms with Gasteiger partial charge < -0.3 is 11.1 Å². The van der Waals surface area contributed by atoms with Crippen molar-refractivity contribution >= 4 is 21.8 Å². The molecule has 1 unspecified atom stereocenters. The Balaban J connectivity index is 2.43. The molecule has 0 saturated carbocycles. The number of halogens is 1. The van der Waals surface area contributed by atoms with Crippen LogP contribution in [0.25, 0.3) is 0 Å². The van der Waals surface area contributed by atoms with E-state index in [4.69, 9.17) is 5.73 Å². The molecule has 0 radical (unpaired) electrons. The lowest BCUT2D eigenvalue weighted by molar-refractivity contribution is -0.123. The van der Waals surface area contributed by atoms with E-state index >= 15 is 0 Å². The maximum atomic E-state index is 11.2. The van der Waals surface area contributed by atoms with E-state index in [2.05, 4.69) is 26.3 Å². The predicted molar refractivity (Wildman–Crippen MR) is 65.8 cm³/mol. The Kier molecular flexibility index (Phi) is 4.49. The molecule has 1 rings (SSSR count). The normalized spacial score (nSPS) is 14.7. The van der Waals surface area contributed by atoms with Crippen LogP contribution in [0.3, 0.4) is 0 Å². The first-order valence-electron chi connectivity index (χ1n) is 5.15. The van der Waals surface area contributed by atoms with Crippen molar-refractivity contribution in [2.24, 2.45) is 5.73 Å². The third-order valence-electron chi connectivity index (χ3n) is 2.76. The minimum atomic E-state index is -0.635. The summed E-state index contributed by atoms with van der Waals surface area (Å²) in [6, 6.07) is 0. The van der Waals surface area contributed by atoms with Crippen molar-refractivity contribution < 1.29 is 4.79 Å². The Morgan fingerprint density at radius 3 is 2.88 bits per heavy atom. The molecule has 0 spiro atoms. The van der Waals surface area contributed by atoms with Crippen LogP contribution in [-0.2, 0) is 11.3 Å². The number of carbonyl (C=O) groups excluding carboxylic acids is 1. The van der Waals surface area contributed by atoms with Crippen LogP contribution in [0.5, 0.6) is 0 Å². The number of aromatic nitrogens is 2. The lowest BCUT2D eigenvalue weighted by Gasteiger charge is -2.25. The first kappa shape index (κ1) is 13.2. The van der Waals surface area contributed by atoms with Gasteiger partial charge in [0.1, 0.15) is 0 Å². The number of aryl methyl sites for hydroxylation is 1. The molecule has 1 aromatic heterocycles. The number of nitrogens with two attached hydrogens (primary N) is 1. The summed E-state index contributed by atoms with van der Waals surface area (Å²) in [5, 5.41) is 7.10. The molecule has 3 N–H and O–H groups in total. The SMILES string of the molecule is CNC(C)(CCCn1cc(Br)cn1)C(N)=O. The van der Waals surface area contributed by atoms with Crippen molar-refractivity contribution in [3.63, 3.8) is 0 Å². The van der Waals surface area contributed by atoms with Gasteiger partial charge in [-0.25, -0.2) is 0 Å². The number of likely N-dealkylation sites (N-methyl/N-ethyl adjacent to an activating group) is 1. The van der Waals surface area contributed by atoms with E-state index in [9.17, 15) is 4.79 Å². The van der Waals surface area contributed by atoms with Crippen LogP contribution in [0.2, 0.25) is 0 Å². The summed E-state index contributed by atoms with van der Waals surface area (Å²) in [4.78, 5) is 11.2. The molecule has 1 heterocycles. The van der Waals surface area contributed by atoms with Crippen molar-refractivity contribution in [2.75, 3.05) is 7.05 Å². The molecular weight excluding hydrogens is 272 g/mol. The summed E-state index contributed by atoms with van der Waals surface area (Å²) < 4.78 is 2.79. The van der Waals surface area contributed by atoms with Gasteiger partial charge in [0.05, 0.1) is 16.2 Å². The minimum Gasteiger partial charge on any atom is -0.368 e. The number of rotatable bonds is 6. The highest BCUT2D eigenvalue weighted by molar-refractivity contribution is 9.10. The molecule has 6 heteroatoms. The first-order valence-corrected chi connectivity index (χ1v) is 5.94. The molecule has 0 fully saturated rings. The van der Waals surface area contributed by atoms with Gasteiger partial charge in [0, 0.05) is 12.7 Å². The van der Waals surface area contributed by atoms with Crippen LogP contribution in [0.1, 0.15) is 19.8 Å². The van der Waals surface area contributed by atoms with E-state index in [0.717, 1.165) is 17.4 Å². The Morgan fingerprint density at radius 2 is 2.44 bits per heavy atom. The fourth-order valence-electron chi connectivity index (χ4n) is 1.43. The van der Waals surface area contributed by atoms with E-state index in [1.54, 1.807) is 13.2 Å². The third kappa shape index (κ3) is 3.31. The Labute approximate surface area is 104 Å². The van der Waals surface area contributed by atoms with E-state index in [1.807, 2.05) is 17.8 Å². The molecule has 90 valence electrons. The smallest absolute Gasteiger partial charge is 0.237 e. The highest BCUT2D eigenvalue weighted by atomic mass is 79.9. The van der Waals surface area contributed by atoms with Crippen molar-refractivity contribution in [1.29, 1.82) is 0 Å². The minimum absolute atomic E-state index is 0.323. The largest absolute Gasteiger partial charge is 0.368 e. The van der Waals surface area contributed by atoms with Crippen molar-refractivity contribution in [1.82, 2.24) is 15.1 Å². The van der Waals surface area contributed by atoms with Crippen LogP contribution in [0.4, 0.5) is 0 Å². The maximum absolute atomic E-state index is 11.2. The van der Waals surface area contributed by atoms with Crippen LogP contribution >= 0.6 is 15.9 Å². The second-order valence-corrected chi connectivity index (χ2v) is 4.89. The molecule has 0 aliphatic rings. The Bertz CT molecular complexity index is 365. The molecule has 0 saturated heterocycles. The van der Waals surface area contributed by atoms with Gasteiger partial charge in [-0.05, 0) is 42.7 Å². The number of primary amides is 1. The molecule has 16 heavy (non-hydrogen) atoms. The zero-order chi connectivity index (χ0) is 12.2. The fraction of sp³-hybridized carbons (Fsp3) is 0.600. The van der Waals surface area contributed by atoms with Crippen LogP contribution in [-0.4, -0.2) is 28.3 Å². The van der Waals surface area contributed by atoms with E-state index < -0.39 is 5.54 Å². The van der Waals surface area contributed by atoms with Gasteiger partial charge in [0.15, 0.2) is 0 Å². The van der Waals surface area contributed by atoms with Crippen LogP contribution in [0, 0.1) is 0 Å².